The molecule has 0 aromatic carbocycles. The Morgan fingerprint density at radius 1 is 1.50 bits per heavy atom. The summed E-state index contributed by atoms with van der Waals surface area (Å²) in [5.74, 6) is 0. The van der Waals surface area contributed by atoms with E-state index in [1.807, 2.05) is 13.0 Å². The van der Waals surface area contributed by atoms with E-state index in [1.54, 1.807) is 11.8 Å². The Balaban J connectivity index is 2.82. The lowest BCUT2D eigenvalue weighted by molar-refractivity contribution is 1.25. The van der Waals surface area contributed by atoms with Crippen molar-refractivity contribution >= 4 is 11.8 Å². The molecular weight excluding hydrogens is 212 g/mol. The first kappa shape index (κ1) is 12.9. The van der Waals surface area contributed by atoms with Crippen LogP contribution in [0.3, 0.4) is 0 Å². The lowest BCUT2D eigenvalue weighted by Crippen LogP contribution is -1.84. The molecule has 0 saturated heterocycles. The quantitative estimate of drug-likeness (QED) is 0.591. The molecule has 0 unspecified atom stereocenters. The molecule has 1 aliphatic heterocycles. The Hall–Kier alpha value is -1.21. The summed E-state index contributed by atoms with van der Waals surface area (Å²) in [6.07, 6.45) is 11.3. The summed E-state index contributed by atoms with van der Waals surface area (Å²) < 4.78 is 0. The third-order valence-corrected chi connectivity index (χ3v) is 3.09. The van der Waals surface area contributed by atoms with Gasteiger partial charge in [-0.15, -0.1) is 11.8 Å². The first-order valence-corrected chi connectivity index (χ1v) is 6.19. The van der Waals surface area contributed by atoms with E-state index in [2.05, 4.69) is 49.8 Å². The summed E-state index contributed by atoms with van der Waals surface area (Å²) in [5, 5.41) is 2.13. The van der Waals surface area contributed by atoms with Gasteiger partial charge in [0.1, 0.15) is 0 Å². The smallest absolute Gasteiger partial charge is 0.00320 e. The lowest BCUT2D eigenvalue weighted by Gasteiger charge is -2.07. The summed E-state index contributed by atoms with van der Waals surface area (Å²) in [6, 6.07) is 0. The average Bonchev–Trinajstić information content (AvgIpc) is 2.22. The number of hydrogen-bond acceptors (Lipinski definition) is 1. The molecule has 1 aliphatic rings. The van der Waals surface area contributed by atoms with Gasteiger partial charge in [-0.3, -0.25) is 0 Å². The van der Waals surface area contributed by atoms with Gasteiger partial charge in [-0.1, -0.05) is 60.3 Å². The molecule has 0 bridgehead atoms. The van der Waals surface area contributed by atoms with E-state index in [0.717, 1.165) is 12.0 Å². The molecule has 0 N–H and O–H groups in total. The molecule has 16 heavy (non-hydrogen) atoms. The van der Waals surface area contributed by atoms with Crippen molar-refractivity contribution in [3.05, 3.63) is 70.6 Å². The van der Waals surface area contributed by atoms with Crippen LogP contribution in [0.1, 0.15) is 20.3 Å². The van der Waals surface area contributed by atoms with Crippen LogP contribution in [0.2, 0.25) is 0 Å². The highest BCUT2D eigenvalue weighted by Crippen LogP contribution is 2.28. The Morgan fingerprint density at radius 2 is 2.25 bits per heavy atom. The van der Waals surface area contributed by atoms with E-state index in [0.29, 0.717) is 0 Å². The largest absolute Gasteiger partial charge is 0.102 e. The van der Waals surface area contributed by atoms with E-state index in [9.17, 15) is 0 Å². The molecular formula is C15H18S. The minimum atomic E-state index is 0.924. The second-order valence-corrected chi connectivity index (χ2v) is 4.92. The van der Waals surface area contributed by atoms with Gasteiger partial charge in [0, 0.05) is 6.42 Å². The topological polar surface area (TPSA) is 0 Å². The minimum absolute atomic E-state index is 0.924. The van der Waals surface area contributed by atoms with E-state index < -0.39 is 0 Å². The molecule has 0 radical (unpaired) electrons. The zero-order valence-corrected chi connectivity index (χ0v) is 10.8. The lowest BCUT2D eigenvalue weighted by atomic mass is 10.1. The fraction of sp³-hybridized carbons (Fsp3) is 0.200. The molecule has 0 aromatic rings. The van der Waals surface area contributed by atoms with Crippen molar-refractivity contribution in [1.82, 2.24) is 0 Å². The number of thioether (sulfide) groups is 1. The fourth-order valence-corrected chi connectivity index (χ4v) is 2.18. The van der Waals surface area contributed by atoms with Gasteiger partial charge in [0.25, 0.3) is 0 Å². The normalized spacial score (nSPS) is 25.6. The van der Waals surface area contributed by atoms with Gasteiger partial charge in [-0.25, -0.2) is 0 Å². The maximum atomic E-state index is 4.06. The first-order valence-electron chi connectivity index (χ1n) is 5.31. The summed E-state index contributed by atoms with van der Waals surface area (Å²) in [5.41, 5.74) is 3.59. The van der Waals surface area contributed by atoms with Gasteiger partial charge in [0.2, 0.25) is 0 Å². The van der Waals surface area contributed by atoms with Crippen molar-refractivity contribution < 1.29 is 0 Å². The summed E-state index contributed by atoms with van der Waals surface area (Å²) in [6.45, 7) is 11.9. The summed E-state index contributed by atoms with van der Waals surface area (Å²) in [7, 11) is 0. The molecule has 0 amide bonds. The van der Waals surface area contributed by atoms with Gasteiger partial charge in [0.15, 0.2) is 0 Å². The van der Waals surface area contributed by atoms with Crippen molar-refractivity contribution in [1.29, 1.82) is 0 Å². The molecule has 0 spiro atoms. The molecule has 0 saturated carbocycles. The molecule has 0 nitrogen and oxygen atoms in total. The van der Waals surface area contributed by atoms with Gasteiger partial charge in [0.05, 0.1) is 0 Å². The Labute approximate surface area is 103 Å². The Kier molecular flexibility index (Phi) is 5.13. The number of hydrogen-bond donors (Lipinski definition) is 0. The average molecular weight is 230 g/mol. The highest BCUT2D eigenvalue weighted by Gasteiger charge is 2.01. The van der Waals surface area contributed by atoms with Crippen LogP contribution in [-0.2, 0) is 0 Å². The Bertz CT molecular complexity index is 403. The van der Waals surface area contributed by atoms with Gasteiger partial charge < -0.3 is 0 Å². The van der Waals surface area contributed by atoms with E-state index >= 15 is 0 Å². The van der Waals surface area contributed by atoms with Crippen LogP contribution in [-0.4, -0.2) is 0 Å². The summed E-state index contributed by atoms with van der Waals surface area (Å²) in [4.78, 5) is 1.31. The molecule has 84 valence electrons. The zero-order valence-electron chi connectivity index (χ0n) is 9.99. The van der Waals surface area contributed by atoms with Crippen LogP contribution in [0.4, 0.5) is 0 Å². The van der Waals surface area contributed by atoms with E-state index in [-0.39, 0.29) is 0 Å². The molecule has 0 aliphatic carbocycles. The van der Waals surface area contributed by atoms with Crippen LogP contribution in [0.5, 0.6) is 0 Å². The SMILES string of the molecule is C=C/C(C)=C\C=C1/CC(=C)/C=C(C)\C=C/S1. The maximum Gasteiger partial charge on any atom is 0.00320 e. The van der Waals surface area contributed by atoms with Crippen molar-refractivity contribution in [2.75, 3.05) is 0 Å². The fourth-order valence-electron chi connectivity index (χ4n) is 1.31. The molecule has 1 rings (SSSR count). The Morgan fingerprint density at radius 3 is 2.94 bits per heavy atom. The summed E-state index contributed by atoms with van der Waals surface area (Å²) >= 11 is 1.76. The highest BCUT2D eigenvalue weighted by molar-refractivity contribution is 8.05. The second kappa shape index (κ2) is 6.39. The molecule has 0 fully saturated rings. The highest BCUT2D eigenvalue weighted by atomic mass is 32.2. The van der Waals surface area contributed by atoms with Crippen LogP contribution in [0.25, 0.3) is 0 Å². The van der Waals surface area contributed by atoms with Gasteiger partial charge >= 0.3 is 0 Å². The van der Waals surface area contributed by atoms with Crippen LogP contribution < -0.4 is 0 Å². The van der Waals surface area contributed by atoms with Crippen LogP contribution >= 0.6 is 11.8 Å². The van der Waals surface area contributed by atoms with Crippen molar-refractivity contribution in [3.8, 4) is 0 Å². The zero-order chi connectivity index (χ0) is 12.0. The molecule has 1 heteroatoms. The van der Waals surface area contributed by atoms with E-state index in [4.69, 9.17) is 0 Å². The second-order valence-electron chi connectivity index (χ2n) is 3.89. The number of rotatable bonds is 2. The third kappa shape index (κ3) is 4.54. The number of allylic oxidation sites excluding steroid dienone is 9. The first-order chi connectivity index (χ1) is 7.61. The molecule has 0 atom stereocenters. The van der Waals surface area contributed by atoms with Crippen molar-refractivity contribution in [2.45, 2.75) is 20.3 Å². The van der Waals surface area contributed by atoms with Gasteiger partial charge in [-0.2, -0.15) is 0 Å². The molecule has 1 heterocycles. The van der Waals surface area contributed by atoms with Crippen LogP contribution in [0, 0.1) is 0 Å². The third-order valence-electron chi connectivity index (χ3n) is 2.24. The standard InChI is InChI=1S/C15H18S/c1-5-12(2)6-7-15-11-14(4)10-13(3)8-9-16-15/h5-10H,1,4,11H2,2-3H3/b9-8-,12-6-,13-10-,15-7+. The van der Waals surface area contributed by atoms with Crippen molar-refractivity contribution in [2.24, 2.45) is 0 Å². The predicted molar refractivity (Wildman–Crippen MR) is 76.3 cm³/mol. The molecule has 0 aromatic heterocycles. The van der Waals surface area contributed by atoms with Crippen molar-refractivity contribution in [3.63, 3.8) is 0 Å². The van der Waals surface area contributed by atoms with Crippen LogP contribution in [0.15, 0.2) is 70.6 Å². The monoisotopic (exact) mass is 230 g/mol. The van der Waals surface area contributed by atoms with Gasteiger partial charge in [-0.05, 0) is 24.2 Å². The minimum Gasteiger partial charge on any atom is -0.102 e. The maximum absolute atomic E-state index is 4.06. The predicted octanol–water partition coefficient (Wildman–Crippen LogP) is 5.16. The van der Waals surface area contributed by atoms with E-state index in [1.165, 1.54) is 16.1 Å².